The summed E-state index contributed by atoms with van der Waals surface area (Å²) in [5.41, 5.74) is 9.83. The van der Waals surface area contributed by atoms with E-state index in [4.69, 9.17) is 19.4 Å². The molecule has 4 aromatic heterocycles. The van der Waals surface area contributed by atoms with Crippen molar-refractivity contribution in [3.63, 3.8) is 0 Å². The Labute approximate surface area is 399 Å². The smallest absolute Gasteiger partial charge is 0.238 e. The highest BCUT2D eigenvalue weighted by Gasteiger charge is 2.41. The number of hydrogen-bond donors (Lipinski definition) is 0. The Morgan fingerprint density at radius 1 is 0.348 bits per heavy atom. The minimum Gasteiger partial charge on any atom is -0.454 e. The fourth-order valence-electron chi connectivity index (χ4n) is 10.5. The molecule has 0 N–H and O–H groups in total. The van der Waals surface area contributed by atoms with Gasteiger partial charge in [0.15, 0.2) is 25.3 Å². The second-order valence-corrected chi connectivity index (χ2v) is 21.2. The van der Waals surface area contributed by atoms with Crippen LogP contribution in [0.15, 0.2) is 253 Å². The van der Waals surface area contributed by atoms with E-state index < -0.39 is 8.07 Å². The van der Waals surface area contributed by atoms with Gasteiger partial charge in [0.2, 0.25) is 5.95 Å². The Morgan fingerprint density at radius 2 is 0.884 bits per heavy atom. The molecule has 0 aliphatic rings. The molecular weight excluding hydrogens is 859 g/mol. The SMILES string of the molecule is c1ccc(-c2ccc(-c3cccc4c3c3ccccc3n4-c3nc(-c4ccc([Si](c5ccccc5)(c5ccccc5)c5ccccc5)cc4)nc(-c4cccc5oc6cnccc6c45)n3)cc2)cc1. The summed E-state index contributed by atoms with van der Waals surface area (Å²) in [6.07, 6.45) is 3.56. The number of para-hydroxylation sites is 1. The van der Waals surface area contributed by atoms with E-state index in [0.717, 1.165) is 60.4 Å². The number of furan rings is 1. The van der Waals surface area contributed by atoms with Crippen molar-refractivity contribution in [1.82, 2.24) is 24.5 Å². The minimum atomic E-state index is -2.78. The van der Waals surface area contributed by atoms with Gasteiger partial charge in [0, 0.05) is 38.9 Å². The normalized spacial score (nSPS) is 11.8. The second-order valence-electron chi connectivity index (χ2n) is 17.4. The zero-order valence-corrected chi connectivity index (χ0v) is 38.3. The van der Waals surface area contributed by atoms with Gasteiger partial charge in [-0.05, 0) is 67.3 Å². The Bertz CT molecular complexity index is 3890. The summed E-state index contributed by atoms with van der Waals surface area (Å²) in [5.74, 6) is 1.64. The Morgan fingerprint density at radius 3 is 1.58 bits per heavy atom. The highest BCUT2D eigenvalue weighted by atomic mass is 28.3. The van der Waals surface area contributed by atoms with Crippen molar-refractivity contribution in [1.29, 1.82) is 0 Å². The number of pyridine rings is 1. The third kappa shape index (κ3) is 6.70. The number of aromatic nitrogens is 5. The van der Waals surface area contributed by atoms with E-state index >= 15 is 0 Å². The molecular formula is C62H41N5OSi. The Balaban J connectivity index is 1.03. The quantitative estimate of drug-likeness (QED) is 0.107. The fraction of sp³-hybridized carbons (Fsp3) is 0. The van der Waals surface area contributed by atoms with Crippen LogP contribution in [0.5, 0.6) is 0 Å². The van der Waals surface area contributed by atoms with Crippen LogP contribution in [-0.2, 0) is 0 Å². The molecule has 0 atom stereocenters. The minimum absolute atomic E-state index is 0.523. The summed E-state index contributed by atoms with van der Waals surface area (Å²) in [5, 5.41) is 9.33. The predicted molar refractivity (Wildman–Crippen MR) is 285 cm³/mol. The molecule has 9 aromatic carbocycles. The van der Waals surface area contributed by atoms with Gasteiger partial charge in [-0.15, -0.1) is 0 Å². The summed E-state index contributed by atoms with van der Waals surface area (Å²) < 4.78 is 8.55. The molecule has 0 amide bonds. The molecule has 324 valence electrons. The molecule has 0 spiro atoms. The van der Waals surface area contributed by atoms with E-state index in [2.05, 4.69) is 228 Å². The highest BCUT2D eigenvalue weighted by molar-refractivity contribution is 7.19. The summed E-state index contributed by atoms with van der Waals surface area (Å²) in [6, 6.07) is 84.5. The molecule has 0 radical (unpaired) electrons. The third-order valence-corrected chi connectivity index (χ3v) is 18.4. The van der Waals surface area contributed by atoms with Crippen LogP contribution in [0.3, 0.4) is 0 Å². The van der Waals surface area contributed by atoms with Crippen molar-refractivity contribution in [2.45, 2.75) is 0 Å². The number of benzene rings is 9. The number of fused-ring (bicyclic) bond motifs is 6. The molecule has 4 heterocycles. The van der Waals surface area contributed by atoms with Crippen LogP contribution in [-0.4, -0.2) is 32.6 Å². The molecule has 0 aliphatic heterocycles. The van der Waals surface area contributed by atoms with E-state index in [1.165, 1.54) is 31.9 Å². The molecule has 13 aromatic rings. The topological polar surface area (TPSA) is 69.6 Å². The third-order valence-electron chi connectivity index (χ3n) is 13.6. The van der Waals surface area contributed by atoms with Gasteiger partial charge in [0.25, 0.3) is 0 Å². The van der Waals surface area contributed by atoms with Crippen LogP contribution in [0.1, 0.15) is 0 Å². The van der Waals surface area contributed by atoms with Crippen molar-refractivity contribution in [2.24, 2.45) is 0 Å². The van der Waals surface area contributed by atoms with E-state index in [1.54, 1.807) is 12.4 Å². The van der Waals surface area contributed by atoms with Gasteiger partial charge in [-0.1, -0.05) is 212 Å². The maximum atomic E-state index is 6.35. The summed E-state index contributed by atoms with van der Waals surface area (Å²) >= 11 is 0. The monoisotopic (exact) mass is 899 g/mol. The molecule has 0 bridgehead atoms. The fourth-order valence-corrected chi connectivity index (χ4v) is 15.2. The summed E-state index contributed by atoms with van der Waals surface area (Å²) in [6.45, 7) is 0. The van der Waals surface area contributed by atoms with Crippen molar-refractivity contribution in [3.8, 4) is 51.0 Å². The maximum absolute atomic E-state index is 6.35. The van der Waals surface area contributed by atoms with Gasteiger partial charge in [0.1, 0.15) is 5.58 Å². The molecule has 69 heavy (non-hydrogen) atoms. The van der Waals surface area contributed by atoms with Gasteiger partial charge >= 0.3 is 0 Å². The maximum Gasteiger partial charge on any atom is 0.238 e. The van der Waals surface area contributed by atoms with Crippen LogP contribution < -0.4 is 20.7 Å². The number of nitrogens with zero attached hydrogens (tertiary/aromatic N) is 5. The average Bonchev–Trinajstić information content (AvgIpc) is 3.99. The number of rotatable bonds is 9. The molecule has 0 fully saturated rings. The molecule has 13 rings (SSSR count). The molecule has 0 saturated heterocycles. The van der Waals surface area contributed by atoms with Gasteiger partial charge in [0.05, 0.1) is 17.2 Å². The molecule has 7 heteroatoms. The highest BCUT2D eigenvalue weighted by Crippen LogP contribution is 2.40. The lowest BCUT2D eigenvalue weighted by atomic mass is 9.97. The van der Waals surface area contributed by atoms with Gasteiger partial charge in [-0.2, -0.15) is 9.97 Å². The van der Waals surface area contributed by atoms with Crippen molar-refractivity contribution in [3.05, 3.63) is 249 Å². The van der Waals surface area contributed by atoms with Crippen molar-refractivity contribution < 1.29 is 4.42 Å². The molecule has 0 saturated carbocycles. The first-order valence-electron chi connectivity index (χ1n) is 23.2. The first kappa shape index (κ1) is 40.2. The summed E-state index contributed by atoms with van der Waals surface area (Å²) in [7, 11) is -2.78. The van der Waals surface area contributed by atoms with Crippen molar-refractivity contribution in [2.75, 3.05) is 0 Å². The van der Waals surface area contributed by atoms with E-state index in [9.17, 15) is 0 Å². The first-order chi connectivity index (χ1) is 34.2. The second kappa shape index (κ2) is 16.7. The van der Waals surface area contributed by atoms with Gasteiger partial charge < -0.3 is 4.42 Å². The lowest BCUT2D eigenvalue weighted by Gasteiger charge is -2.34. The zero-order valence-electron chi connectivity index (χ0n) is 37.3. The van der Waals surface area contributed by atoms with E-state index in [-0.39, 0.29) is 0 Å². The Hall–Kier alpha value is -9.04. The van der Waals surface area contributed by atoms with Crippen LogP contribution in [0, 0.1) is 0 Å². The van der Waals surface area contributed by atoms with Crippen molar-refractivity contribution >= 4 is 72.6 Å². The molecule has 0 aliphatic carbocycles. The average molecular weight is 900 g/mol. The van der Waals surface area contributed by atoms with Crippen LogP contribution in [0.4, 0.5) is 0 Å². The van der Waals surface area contributed by atoms with Crippen LogP contribution in [0.25, 0.3) is 94.7 Å². The zero-order chi connectivity index (χ0) is 45.7. The standard InChI is InChI=1S/C62H41N5OSi/c1-5-17-42(18-6-1)43-31-33-44(34-32-43)50-26-15-29-55-58(50)51-25-13-14-28-54(51)67(55)62-65-60(64-61(66-62)53-27-16-30-56-59(53)52-39-40-63-41-57(52)68-56)45-35-37-49(38-36-45)69(46-19-7-2-8-20-46,47-21-9-3-10-22-47)48-23-11-4-12-24-48/h1-41H. The van der Waals surface area contributed by atoms with Gasteiger partial charge in [-0.25, -0.2) is 4.98 Å². The summed E-state index contributed by atoms with van der Waals surface area (Å²) in [4.78, 5) is 20.6. The van der Waals surface area contributed by atoms with Gasteiger partial charge in [-0.3, -0.25) is 9.55 Å². The van der Waals surface area contributed by atoms with E-state index in [1.807, 2.05) is 18.2 Å². The lowest BCUT2D eigenvalue weighted by Crippen LogP contribution is -2.74. The van der Waals surface area contributed by atoms with Crippen LogP contribution in [0.2, 0.25) is 0 Å². The first-order valence-corrected chi connectivity index (χ1v) is 25.2. The lowest BCUT2D eigenvalue weighted by molar-refractivity contribution is 0.667. The molecule has 0 unspecified atom stereocenters. The Kier molecular flexibility index (Phi) is 9.73. The predicted octanol–water partition coefficient (Wildman–Crippen LogP) is 12.3. The number of hydrogen-bond acceptors (Lipinski definition) is 5. The molecule has 6 nitrogen and oxygen atoms in total. The van der Waals surface area contributed by atoms with E-state index in [0.29, 0.717) is 23.2 Å². The largest absolute Gasteiger partial charge is 0.454 e. The van der Waals surface area contributed by atoms with Crippen LogP contribution >= 0.6 is 0 Å².